The van der Waals surface area contributed by atoms with Gasteiger partial charge in [-0.25, -0.2) is 14.4 Å². The highest BCUT2D eigenvalue weighted by Crippen LogP contribution is 2.33. The molecule has 3 rings (SSSR count). The van der Waals surface area contributed by atoms with Crippen LogP contribution in [0.2, 0.25) is 0 Å². The number of hydrogen-bond donors (Lipinski definition) is 2. The smallest absolute Gasteiger partial charge is 0.311 e. The molecular weight excluding hydrogens is 413 g/mol. The van der Waals surface area contributed by atoms with Crippen LogP contribution in [0.25, 0.3) is 10.9 Å². The lowest BCUT2D eigenvalue weighted by Crippen LogP contribution is -2.25. The van der Waals surface area contributed by atoms with Crippen LogP contribution in [0.5, 0.6) is 11.5 Å². The summed E-state index contributed by atoms with van der Waals surface area (Å²) >= 11 is 0. The van der Waals surface area contributed by atoms with Crippen molar-refractivity contribution >= 4 is 28.4 Å². The first kappa shape index (κ1) is 24.8. The van der Waals surface area contributed by atoms with Gasteiger partial charge in [-0.3, -0.25) is 4.79 Å². The Morgan fingerprint density at radius 1 is 1.19 bits per heavy atom. The van der Waals surface area contributed by atoms with Gasteiger partial charge in [-0.15, -0.1) is 0 Å². The van der Waals surface area contributed by atoms with Crippen molar-refractivity contribution < 1.29 is 23.8 Å². The molecule has 0 fully saturated rings. The fraction of sp³-hybridized carbons (Fsp3) is 0.375. The number of aromatic nitrogens is 2. The number of aromatic hydroxyl groups is 1. The average molecular weight is 444 g/mol. The maximum absolute atomic E-state index is 13.3. The fourth-order valence-electron chi connectivity index (χ4n) is 2.67. The van der Waals surface area contributed by atoms with E-state index in [-0.39, 0.29) is 23.0 Å². The summed E-state index contributed by atoms with van der Waals surface area (Å²) in [6.07, 6.45) is 2.24. The predicted octanol–water partition coefficient (Wildman–Crippen LogP) is 5.52. The number of fused-ring (bicyclic) bond motifs is 1. The van der Waals surface area contributed by atoms with Crippen molar-refractivity contribution in [3.05, 3.63) is 48.0 Å². The van der Waals surface area contributed by atoms with E-state index in [1.807, 2.05) is 27.7 Å². The number of ether oxygens (including phenoxy) is 2. The number of carbonyl (C=O) groups excluding carboxylic acids is 1. The molecule has 3 aromatic rings. The first-order valence-electron chi connectivity index (χ1n) is 10.3. The number of benzene rings is 2. The van der Waals surface area contributed by atoms with Crippen LogP contribution in [0.1, 0.15) is 39.7 Å². The molecule has 0 spiro atoms. The zero-order valence-electron chi connectivity index (χ0n) is 19.3. The van der Waals surface area contributed by atoms with E-state index in [0.717, 1.165) is 6.42 Å². The summed E-state index contributed by atoms with van der Waals surface area (Å²) in [5.41, 5.74) is 1.56. The zero-order chi connectivity index (χ0) is 23.9. The fourth-order valence-corrected chi connectivity index (χ4v) is 2.67. The molecule has 7 nitrogen and oxygen atoms in total. The Balaban J connectivity index is 0.000000309. The number of nitrogens with zero attached hydrogens (tertiary/aromatic N) is 2. The molecule has 0 aliphatic rings. The third-order valence-electron chi connectivity index (χ3n) is 5.07. The molecular formula is C24H30FN3O4. The van der Waals surface area contributed by atoms with E-state index in [4.69, 9.17) is 9.47 Å². The Hall–Kier alpha value is -3.42. The summed E-state index contributed by atoms with van der Waals surface area (Å²) in [5, 5.41) is 13.7. The molecule has 0 saturated carbocycles. The summed E-state index contributed by atoms with van der Waals surface area (Å²) < 4.78 is 23.3. The third-order valence-corrected chi connectivity index (χ3v) is 5.07. The van der Waals surface area contributed by atoms with Crippen molar-refractivity contribution in [2.24, 2.45) is 5.41 Å². The van der Waals surface area contributed by atoms with Crippen LogP contribution in [0, 0.1) is 18.2 Å². The first-order valence-corrected chi connectivity index (χ1v) is 10.3. The van der Waals surface area contributed by atoms with E-state index in [1.165, 1.54) is 25.6 Å². The molecule has 0 saturated heterocycles. The van der Waals surface area contributed by atoms with Gasteiger partial charge in [0.05, 0.1) is 24.6 Å². The van der Waals surface area contributed by atoms with Crippen LogP contribution in [-0.4, -0.2) is 34.8 Å². The van der Waals surface area contributed by atoms with Gasteiger partial charge in [-0.2, -0.15) is 0 Å². The van der Waals surface area contributed by atoms with Crippen LogP contribution in [0.15, 0.2) is 36.7 Å². The van der Waals surface area contributed by atoms with Gasteiger partial charge in [0.1, 0.15) is 18.0 Å². The minimum absolute atomic E-state index is 0.00290. The van der Waals surface area contributed by atoms with Gasteiger partial charge in [-0.1, -0.05) is 6.92 Å². The van der Waals surface area contributed by atoms with Gasteiger partial charge in [0.2, 0.25) is 0 Å². The summed E-state index contributed by atoms with van der Waals surface area (Å²) in [4.78, 5) is 19.4. The Morgan fingerprint density at radius 3 is 2.50 bits per heavy atom. The molecule has 32 heavy (non-hydrogen) atoms. The quantitative estimate of drug-likeness (QED) is 0.484. The van der Waals surface area contributed by atoms with E-state index in [0.29, 0.717) is 40.3 Å². The second-order valence-electron chi connectivity index (χ2n) is 7.81. The highest BCUT2D eigenvalue weighted by atomic mass is 19.1. The molecule has 8 heteroatoms. The summed E-state index contributed by atoms with van der Waals surface area (Å²) in [6.45, 7) is 9.76. The number of methoxy groups -OCH3 is 1. The second-order valence-corrected chi connectivity index (χ2v) is 7.81. The third kappa shape index (κ3) is 6.06. The highest BCUT2D eigenvalue weighted by molar-refractivity contribution is 5.92. The van der Waals surface area contributed by atoms with Gasteiger partial charge in [-0.05, 0) is 63.9 Å². The SMILES string of the molecule is CCOC(=O)C(C)(C)CC.COc1cc2ncnc(Nc3ccc(F)c(C)c3)c2cc1O. The van der Waals surface area contributed by atoms with Crippen LogP contribution in [0.3, 0.4) is 0 Å². The number of nitrogens with one attached hydrogen (secondary N) is 1. The van der Waals surface area contributed by atoms with Gasteiger partial charge < -0.3 is 19.9 Å². The number of hydrogen-bond acceptors (Lipinski definition) is 7. The number of carbonyl (C=O) groups is 1. The lowest BCUT2D eigenvalue weighted by molar-refractivity contribution is -0.153. The maximum atomic E-state index is 13.3. The molecule has 2 N–H and O–H groups in total. The largest absolute Gasteiger partial charge is 0.504 e. The van der Waals surface area contributed by atoms with E-state index in [9.17, 15) is 14.3 Å². The van der Waals surface area contributed by atoms with Crippen molar-refractivity contribution in [1.29, 1.82) is 0 Å². The van der Waals surface area contributed by atoms with E-state index in [2.05, 4.69) is 15.3 Å². The Labute approximate surface area is 187 Å². The normalized spacial score (nSPS) is 10.8. The Bertz CT molecular complexity index is 1090. The van der Waals surface area contributed by atoms with Gasteiger partial charge in [0.15, 0.2) is 11.5 Å². The lowest BCUT2D eigenvalue weighted by atomic mass is 9.91. The number of halogens is 1. The van der Waals surface area contributed by atoms with Crippen molar-refractivity contribution in [2.75, 3.05) is 19.0 Å². The molecule has 1 heterocycles. The monoisotopic (exact) mass is 443 g/mol. The van der Waals surface area contributed by atoms with Crippen LogP contribution in [0.4, 0.5) is 15.9 Å². The van der Waals surface area contributed by atoms with Crippen molar-refractivity contribution in [2.45, 2.75) is 41.0 Å². The van der Waals surface area contributed by atoms with E-state index in [1.54, 1.807) is 25.1 Å². The number of aryl methyl sites for hydroxylation is 1. The van der Waals surface area contributed by atoms with Gasteiger partial charge in [0.25, 0.3) is 0 Å². The lowest BCUT2D eigenvalue weighted by Gasteiger charge is -2.19. The van der Waals surface area contributed by atoms with Gasteiger partial charge >= 0.3 is 5.97 Å². The first-order chi connectivity index (χ1) is 15.1. The topological polar surface area (TPSA) is 93.6 Å². The number of rotatable bonds is 6. The maximum Gasteiger partial charge on any atom is 0.311 e. The summed E-state index contributed by atoms with van der Waals surface area (Å²) in [7, 11) is 1.47. The van der Waals surface area contributed by atoms with E-state index >= 15 is 0 Å². The standard InChI is InChI=1S/C16H14FN3O2.C8H16O2/c1-9-5-10(3-4-12(9)17)20-16-11-6-14(21)15(22-2)7-13(11)18-8-19-16;1-5-8(3,4)7(9)10-6-2/h3-8,21H,1-2H3,(H,18,19,20);5-6H2,1-4H3. The molecule has 0 aliphatic heterocycles. The minimum atomic E-state index is -0.310. The molecule has 0 unspecified atom stereocenters. The van der Waals surface area contributed by atoms with Crippen molar-refractivity contribution in [1.82, 2.24) is 9.97 Å². The summed E-state index contributed by atoms with van der Waals surface area (Å²) in [5.74, 6) is 0.504. The molecule has 0 atom stereocenters. The molecule has 2 aromatic carbocycles. The molecule has 0 amide bonds. The number of esters is 1. The molecule has 1 aromatic heterocycles. The number of phenols is 1. The van der Waals surface area contributed by atoms with Crippen molar-refractivity contribution in [3.8, 4) is 11.5 Å². The molecule has 0 radical (unpaired) electrons. The highest BCUT2D eigenvalue weighted by Gasteiger charge is 2.26. The molecule has 0 aliphatic carbocycles. The van der Waals surface area contributed by atoms with Gasteiger partial charge in [0, 0.05) is 17.1 Å². The average Bonchev–Trinajstić information content (AvgIpc) is 2.77. The number of phenolic OH excluding ortho intramolecular Hbond substituents is 1. The molecule has 172 valence electrons. The Kier molecular flexibility index (Phi) is 8.34. The van der Waals surface area contributed by atoms with Crippen molar-refractivity contribution in [3.63, 3.8) is 0 Å². The minimum Gasteiger partial charge on any atom is -0.504 e. The zero-order valence-corrected chi connectivity index (χ0v) is 19.3. The van der Waals surface area contributed by atoms with Crippen LogP contribution < -0.4 is 10.1 Å². The van der Waals surface area contributed by atoms with Crippen LogP contribution in [-0.2, 0) is 9.53 Å². The summed E-state index contributed by atoms with van der Waals surface area (Å²) in [6, 6.07) is 7.87. The predicted molar refractivity (Wildman–Crippen MR) is 123 cm³/mol. The Morgan fingerprint density at radius 2 is 1.91 bits per heavy atom. The second kappa shape index (κ2) is 10.7. The number of anilines is 2. The molecule has 0 bridgehead atoms. The van der Waals surface area contributed by atoms with E-state index < -0.39 is 0 Å². The van der Waals surface area contributed by atoms with Crippen LogP contribution >= 0.6 is 0 Å².